The number of aromatic amines is 1. The van der Waals surface area contributed by atoms with Gasteiger partial charge in [0.15, 0.2) is 0 Å². The van der Waals surface area contributed by atoms with Crippen LogP contribution < -0.4 is 0 Å². The van der Waals surface area contributed by atoms with Gasteiger partial charge in [-0.15, -0.1) is 5.10 Å². The van der Waals surface area contributed by atoms with Crippen molar-refractivity contribution in [1.29, 1.82) is 0 Å². The Labute approximate surface area is 139 Å². The number of amides is 1. The van der Waals surface area contributed by atoms with Gasteiger partial charge < -0.3 is 14.7 Å². The van der Waals surface area contributed by atoms with Crippen molar-refractivity contribution in [3.63, 3.8) is 0 Å². The molecule has 1 fully saturated rings. The Morgan fingerprint density at radius 3 is 2.91 bits per heavy atom. The van der Waals surface area contributed by atoms with E-state index in [1.165, 1.54) is 0 Å². The largest absolute Gasteiger partial charge is 0.481 e. The number of likely N-dealkylation sites (tertiary alicyclic amines) is 1. The number of nitrogens with zero attached hydrogens (tertiary/aromatic N) is 3. The van der Waals surface area contributed by atoms with E-state index >= 15 is 0 Å². The maximum absolute atomic E-state index is 12.4. The van der Waals surface area contributed by atoms with Crippen molar-refractivity contribution in [2.24, 2.45) is 5.41 Å². The third-order valence-corrected chi connectivity index (χ3v) is 4.42. The minimum Gasteiger partial charge on any atom is -0.481 e. The Bertz CT molecular complexity index is 565. The number of aliphatic carboxylic acids is 1. The number of carbonyl (C=O) groups excluding carboxylic acids is 1. The van der Waals surface area contributed by atoms with Crippen LogP contribution in [0.1, 0.15) is 31.5 Å². The molecule has 1 aliphatic heterocycles. The molecule has 1 amide bonds. The molecule has 23 heavy (non-hydrogen) atoms. The average Bonchev–Trinajstić information content (AvgIpc) is 2.96. The van der Waals surface area contributed by atoms with E-state index in [4.69, 9.17) is 16.3 Å². The van der Waals surface area contributed by atoms with Crippen molar-refractivity contribution in [2.75, 3.05) is 26.8 Å². The topological polar surface area (TPSA) is 108 Å². The molecular weight excluding hydrogens is 324 g/mol. The number of carboxylic acid groups (broad SMARTS) is 1. The predicted molar refractivity (Wildman–Crippen MR) is 82.1 cm³/mol. The fraction of sp³-hybridized carbons (Fsp3) is 0.714. The molecule has 0 bridgehead atoms. The first kappa shape index (κ1) is 17.7. The second-order valence-electron chi connectivity index (χ2n) is 5.80. The molecule has 1 aromatic heterocycles. The summed E-state index contributed by atoms with van der Waals surface area (Å²) in [6.45, 7) is 1.17. The number of aryl methyl sites for hydroxylation is 1. The number of carboxylic acids is 1. The number of aromatic nitrogens is 3. The predicted octanol–water partition coefficient (Wildman–Crippen LogP) is 1.12. The molecule has 0 saturated carbocycles. The van der Waals surface area contributed by atoms with Crippen LogP contribution in [0.2, 0.25) is 5.28 Å². The molecule has 1 aromatic rings. The first-order valence-electron chi connectivity index (χ1n) is 7.54. The molecule has 9 heteroatoms. The maximum Gasteiger partial charge on any atom is 0.311 e. The molecule has 1 unspecified atom stereocenters. The molecule has 0 aliphatic carbocycles. The molecule has 8 nitrogen and oxygen atoms in total. The summed E-state index contributed by atoms with van der Waals surface area (Å²) in [5.74, 6) is -0.404. The highest BCUT2D eigenvalue weighted by molar-refractivity contribution is 6.28. The molecule has 0 aromatic carbocycles. The molecule has 1 aliphatic rings. The number of methoxy groups -OCH3 is 1. The lowest BCUT2D eigenvalue weighted by Crippen LogP contribution is -2.50. The Morgan fingerprint density at radius 1 is 1.52 bits per heavy atom. The van der Waals surface area contributed by atoms with E-state index in [2.05, 4.69) is 15.2 Å². The van der Waals surface area contributed by atoms with Gasteiger partial charge in [0.05, 0.1) is 5.41 Å². The maximum atomic E-state index is 12.4. The summed E-state index contributed by atoms with van der Waals surface area (Å²) < 4.78 is 5.02. The van der Waals surface area contributed by atoms with E-state index in [1.807, 2.05) is 0 Å². The summed E-state index contributed by atoms with van der Waals surface area (Å²) in [6, 6.07) is 0. The average molecular weight is 345 g/mol. The van der Waals surface area contributed by atoms with Crippen LogP contribution in [0.5, 0.6) is 0 Å². The number of H-pyrrole nitrogens is 1. The molecule has 1 saturated heterocycles. The number of hydrogen-bond donors (Lipinski definition) is 2. The summed E-state index contributed by atoms with van der Waals surface area (Å²) in [6.07, 6.45) is 2.28. The van der Waals surface area contributed by atoms with Gasteiger partial charge in [-0.25, -0.2) is 4.98 Å². The van der Waals surface area contributed by atoms with Crippen molar-refractivity contribution in [3.8, 4) is 0 Å². The quantitative estimate of drug-likeness (QED) is 0.767. The number of carbonyl (C=O) groups is 2. The van der Waals surface area contributed by atoms with Crippen LogP contribution in [0.3, 0.4) is 0 Å². The van der Waals surface area contributed by atoms with Crippen LogP contribution >= 0.6 is 11.6 Å². The van der Waals surface area contributed by atoms with Gasteiger partial charge >= 0.3 is 5.97 Å². The summed E-state index contributed by atoms with van der Waals surface area (Å²) in [4.78, 5) is 29.6. The van der Waals surface area contributed by atoms with E-state index in [0.29, 0.717) is 44.7 Å². The number of rotatable bonds is 7. The molecule has 1 atom stereocenters. The van der Waals surface area contributed by atoms with Gasteiger partial charge in [0.1, 0.15) is 5.82 Å². The van der Waals surface area contributed by atoms with Gasteiger partial charge in [0.25, 0.3) is 0 Å². The van der Waals surface area contributed by atoms with Crippen molar-refractivity contribution >= 4 is 23.5 Å². The van der Waals surface area contributed by atoms with Crippen LogP contribution in [0.25, 0.3) is 0 Å². The number of halogens is 1. The second-order valence-corrected chi connectivity index (χ2v) is 6.14. The monoisotopic (exact) mass is 344 g/mol. The highest BCUT2D eigenvalue weighted by Crippen LogP contribution is 2.34. The summed E-state index contributed by atoms with van der Waals surface area (Å²) in [5.41, 5.74) is -0.917. The number of nitrogens with one attached hydrogen (secondary N) is 1. The second kappa shape index (κ2) is 7.74. The lowest BCUT2D eigenvalue weighted by Gasteiger charge is -2.40. The van der Waals surface area contributed by atoms with Gasteiger partial charge in [-0.1, -0.05) is 0 Å². The summed E-state index contributed by atoms with van der Waals surface area (Å²) >= 11 is 5.62. The highest BCUT2D eigenvalue weighted by Gasteiger charge is 2.43. The standard InChI is InChI=1S/C14H21ClN4O4/c1-23-8-6-14(12(21)22)5-2-7-19(9-14)11(20)4-3-10-16-13(15)18-17-10/h2-9H2,1H3,(H,21,22)(H,16,17,18). The van der Waals surface area contributed by atoms with Crippen LogP contribution in [0, 0.1) is 5.41 Å². The third kappa shape index (κ3) is 4.42. The van der Waals surface area contributed by atoms with Crippen LogP contribution in [-0.4, -0.2) is 63.9 Å². The number of hydrogen-bond acceptors (Lipinski definition) is 5. The van der Waals surface area contributed by atoms with E-state index < -0.39 is 11.4 Å². The Hall–Kier alpha value is -1.67. The molecule has 2 heterocycles. The number of ether oxygens (including phenoxy) is 1. The molecule has 0 spiro atoms. The minimum absolute atomic E-state index is 0.0831. The van der Waals surface area contributed by atoms with E-state index in [0.717, 1.165) is 0 Å². The van der Waals surface area contributed by atoms with E-state index in [1.54, 1.807) is 12.0 Å². The fourth-order valence-corrected chi connectivity index (χ4v) is 3.04. The van der Waals surface area contributed by atoms with Crippen molar-refractivity contribution in [2.45, 2.75) is 32.1 Å². The van der Waals surface area contributed by atoms with Crippen LogP contribution in [-0.2, 0) is 20.7 Å². The SMILES string of the molecule is COCCC1(C(=O)O)CCCN(C(=O)CCc2nc(Cl)n[nH]2)C1. The van der Waals surface area contributed by atoms with E-state index in [9.17, 15) is 14.7 Å². The lowest BCUT2D eigenvalue weighted by molar-refractivity contribution is -0.156. The first-order valence-corrected chi connectivity index (χ1v) is 7.91. The summed E-state index contributed by atoms with van der Waals surface area (Å²) in [5, 5.41) is 16.1. The van der Waals surface area contributed by atoms with Crippen molar-refractivity contribution < 1.29 is 19.4 Å². The fourth-order valence-electron chi connectivity index (χ4n) is 2.89. The van der Waals surface area contributed by atoms with Gasteiger partial charge in [0, 0.05) is 39.6 Å². The Kier molecular flexibility index (Phi) is 5.95. The molecule has 2 rings (SSSR count). The van der Waals surface area contributed by atoms with Gasteiger partial charge in [-0.3, -0.25) is 14.7 Å². The highest BCUT2D eigenvalue weighted by atomic mass is 35.5. The minimum atomic E-state index is -0.917. The zero-order valence-corrected chi connectivity index (χ0v) is 13.8. The molecule has 0 radical (unpaired) electrons. The zero-order valence-electron chi connectivity index (χ0n) is 13.0. The third-order valence-electron chi connectivity index (χ3n) is 4.25. The van der Waals surface area contributed by atoms with Gasteiger partial charge in [0.2, 0.25) is 11.2 Å². The van der Waals surface area contributed by atoms with E-state index in [-0.39, 0.29) is 24.2 Å². The zero-order chi connectivity index (χ0) is 16.9. The van der Waals surface area contributed by atoms with Crippen molar-refractivity contribution in [3.05, 3.63) is 11.1 Å². The first-order chi connectivity index (χ1) is 11.0. The van der Waals surface area contributed by atoms with Crippen molar-refractivity contribution in [1.82, 2.24) is 20.1 Å². The lowest BCUT2D eigenvalue weighted by atomic mass is 9.77. The Balaban J connectivity index is 1.95. The number of piperidine rings is 1. The molecule has 128 valence electrons. The normalized spacial score (nSPS) is 21.4. The van der Waals surface area contributed by atoms with Crippen LogP contribution in [0.15, 0.2) is 0 Å². The molecule has 2 N–H and O–H groups in total. The van der Waals surface area contributed by atoms with Gasteiger partial charge in [-0.05, 0) is 30.9 Å². The Morgan fingerprint density at radius 2 is 2.30 bits per heavy atom. The smallest absolute Gasteiger partial charge is 0.311 e. The van der Waals surface area contributed by atoms with Crippen LogP contribution in [0.4, 0.5) is 0 Å². The molecular formula is C14H21ClN4O4. The van der Waals surface area contributed by atoms with Gasteiger partial charge in [-0.2, -0.15) is 0 Å². The summed E-state index contributed by atoms with van der Waals surface area (Å²) in [7, 11) is 1.55.